The Morgan fingerprint density at radius 1 is 1.35 bits per heavy atom. The Kier molecular flexibility index (Phi) is 6.45. The van der Waals surface area contributed by atoms with E-state index in [1.807, 2.05) is 0 Å². The first-order valence-corrected chi connectivity index (χ1v) is 7.17. The fourth-order valence-corrected chi connectivity index (χ4v) is 2.61. The lowest BCUT2D eigenvalue weighted by molar-refractivity contribution is -0.0861. The van der Waals surface area contributed by atoms with Crippen LogP contribution in [0.2, 0.25) is 0 Å². The molecule has 0 saturated carbocycles. The van der Waals surface area contributed by atoms with Crippen molar-refractivity contribution in [2.24, 2.45) is 0 Å². The van der Waals surface area contributed by atoms with Gasteiger partial charge in [0.1, 0.15) is 0 Å². The summed E-state index contributed by atoms with van der Waals surface area (Å²) in [6, 6.07) is 0.703. The topological polar surface area (TPSA) is 24.5 Å². The first kappa shape index (κ1) is 14.9. The van der Waals surface area contributed by atoms with Gasteiger partial charge in [-0.1, -0.05) is 13.8 Å². The molecule has 1 atom stereocenters. The van der Waals surface area contributed by atoms with Gasteiger partial charge >= 0.3 is 0 Å². The second-order valence-corrected chi connectivity index (χ2v) is 5.69. The van der Waals surface area contributed by atoms with Crippen LogP contribution in [0.4, 0.5) is 0 Å². The highest BCUT2D eigenvalue weighted by Crippen LogP contribution is 2.16. The van der Waals surface area contributed by atoms with E-state index in [1.54, 1.807) is 0 Å². The molecule has 1 unspecified atom stereocenters. The summed E-state index contributed by atoms with van der Waals surface area (Å²) in [5.41, 5.74) is 0.0457. The summed E-state index contributed by atoms with van der Waals surface area (Å²) in [4.78, 5) is 2.54. The SMILES string of the molecule is CCNC(CC)CCCN1CCOC(C)(C)C1. The highest BCUT2D eigenvalue weighted by atomic mass is 16.5. The van der Waals surface area contributed by atoms with Crippen molar-refractivity contribution in [2.45, 2.75) is 58.6 Å². The van der Waals surface area contributed by atoms with Crippen molar-refractivity contribution >= 4 is 0 Å². The predicted molar refractivity (Wildman–Crippen MR) is 73.5 cm³/mol. The normalized spacial score (nSPS) is 22.6. The summed E-state index contributed by atoms with van der Waals surface area (Å²) in [7, 11) is 0. The van der Waals surface area contributed by atoms with Gasteiger partial charge in [0.25, 0.3) is 0 Å². The van der Waals surface area contributed by atoms with Gasteiger partial charge in [0.15, 0.2) is 0 Å². The van der Waals surface area contributed by atoms with E-state index in [1.165, 1.54) is 25.8 Å². The molecule has 1 aliphatic rings. The quantitative estimate of drug-likeness (QED) is 0.741. The van der Waals surface area contributed by atoms with E-state index in [0.29, 0.717) is 6.04 Å². The van der Waals surface area contributed by atoms with Crippen LogP contribution in [0.5, 0.6) is 0 Å². The highest BCUT2D eigenvalue weighted by Gasteiger charge is 2.26. The molecule has 0 aromatic carbocycles. The number of hydrogen-bond donors (Lipinski definition) is 1. The van der Waals surface area contributed by atoms with Gasteiger partial charge in [-0.25, -0.2) is 0 Å². The second-order valence-electron chi connectivity index (χ2n) is 5.69. The molecule has 0 aromatic rings. The van der Waals surface area contributed by atoms with Crippen LogP contribution in [0, 0.1) is 0 Å². The summed E-state index contributed by atoms with van der Waals surface area (Å²) in [6.07, 6.45) is 3.83. The molecule has 1 fully saturated rings. The molecule has 0 bridgehead atoms. The van der Waals surface area contributed by atoms with Crippen LogP contribution < -0.4 is 5.32 Å². The lowest BCUT2D eigenvalue weighted by Gasteiger charge is -2.38. The average Bonchev–Trinajstić information content (AvgIpc) is 2.26. The van der Waals surface area contributed by atoms with Crippen molar-refractivity contribution in [1.29, 1.82) is 0 Å². The molecule has 0 amide bonds. The molecule has 102 valence electrons. The van der Waals surface area contributed by atoms with Crippen LogP contribution in [0.25, 0.3) is 0 Å². The van der Waals surface area contributed by atoms with E-state index >= 15 is 0 Å². The van der Waals surface area contributed by atoms with Crippen molar-refractivity contribution in [3.05, 3.63) is 0 Å². The van der Waals surface area contributed by atoms with Gasteiger partial charge in [0, 0.05) is 19.1 Å². The molecule has 0 aliphatic carbocycles. The Balaban J connectivity index is 2.17. The zero-order valence-corrected chi connectivity index (χ0v) is 12.1. The van der Waals surface area contributed by atoms with Gasteiger partial charge in [-0.05, 0) is 46.2 Å². The molecule has 17 heavy (non-hydrogen) atoms. The average molecular weight is 242 g/mol. The Hall–Kier alpha value is -0.120. The molecule has 0 spiro atoms. The largest absolute Gasteiger partial charge is 0.373 e. The molecule has 3 heteroatoms. The van der Waals surface area contributed by atoms with Gasteiger partial charge in [0.05, 0.1) is 12.2 Å². The molecule has 1 heterocycles. The van der Waals surface area contributed by atoms with E-state index in [9.17, 15) is 0 Å². The number of ether oxygens (including phenoxy) is 1. The van der Waals surface area contributed by atoms with E-state index < -0.39 is 0 Å². The fraction of sp³-hybridized carbons (Fsp3) is 1.00. The van der Waals surface area contributed by atoms with Crippen LogP contribution in [0.1, 0.15) is 47.0 Å². The second kappa shape index (κ2) is 7.34. The zero-order valence-electron chi connectivity index (χ0n) is 12.1. The van der Waals surface area contributed by atoms with E-state index in [4.69, 9.17) is 4.74 Å². The van der Waals surface area contributed by atoms with Crippen molar-refractivity contribution < 1.29 is 4.74 Å². The van der Waals surface area contributed by atoms with Crippen LogP contribution in [0.15, 0.2) is 0 Å². The number of nitrogens with one attached hydrogen (secondary N) is 1. The number of morpholine rings is 1. The smallest absolute Gasteiger partial charge is 0.0753 e. The minimum absolute atomic E-state index is 0.0457. The maximum atomic E-state index is 5.73. The van der Waals surface area contributed by atoms with Crippen molar-refractivity contribution in [3.63, 3.8) is 0 Å². The first-order chi connectivity index (χ1) is 8.07. The van der Waals surface area contributed by atoms with Crippen molar-refractivity contribution in [3.8, 4) is 0 Å². The zero-order chi connectivity index (χ0) is 12.7. The van der Waals surface area contributed by atoms with Crippen LogP contribution in [-0.2, 0) is 4.74 Å². The van der Waals surface area contributed by atoms with Crippen LogP contribution in [-0.4, -0.2) is 49.3 Å². The Labute approximate surface area is 107 Å². The van der Waals surface area contributed by atoms with Gasteiger partial charge in [0.2, 0.25) is 0 Å². The maximum absolute atomic E-state index is 5.73. The molecular weight excluding hydrogens is 212 g/mol. The molecule has 0 radical (unpaired) electrons. The maximum Gasteiger partial charge on any atom is 0.0753 e. The minimum Gasteiger partial charge on any atom is -0.373 e. The number of rotatable bonds is 7. The van der Waals surface area contributed by atoms with Crippen LogP contribution in [0.3, 0.4) is 0 Å². The summed E-state index contributed by atoms with van der Waals surface area (Å²) >= 11 is 0. The number of hydrogen-bond acceptors (Lipinski definition) is 3. The van der Waals surface area contributed by atoms with Crippen molar-refractivity contribution in [2.75, 3.05) is 32.8 Å². The number of nitrogens with zero attached hydrogens (tertiary/aromatic N) is 1. The summed E-state index contributed by atoms with van der Waals surface area (Å²) in [5.74, 6) is 0. The minimum atomic E-state index is 0.0457. The molecule has 0 aromatic heterocycles. The van der Waals surface area contributed by atoms with E-state index in [0.717, 1.165) is 26.2 Å². The summed E-state index contributed by atoms with van der Waals surface area (Å²) in [6.45, 7) is 14.2. The van der Waals surface area contributed by atoms with Gasteiger partial charge < -0.3 is 10.1 Å². The molecule has 1 N–H and O–H groups in total. The lowest BCUT2D eigenvalue weighted by Crippen LogP contribution is -2.48. The first-order valence-electron chi connectivity index (χ1n) is 7.17. The lowest BCUT2D eigenvalue weighted by atomic mass is 10.1. The fourth-order valence-electron chi connectivity index (χ4n) is 2.61. The highest BCUT2D eigenvalue weighted by molar-refractivity contribution is 4.79. The van der Waals surface area contributed by atoms with Crippen molar-refractivity contribution in [1.82, 2.24) is 10.2 Å². The summed E-state index contributed by atoms with van der Waals surface area (Å²) < 4.78 is 5.73. The molecule has 3 nitrogen and oxygen atoms in total. The monoisotopic (exact) mass is 242 g/mol. The molecule has 1 rings (SSSR count). The molecule has 1 saturated heterocycles. The van der Waals surface area contributed by atoms with Gasteiger partial charge in [-0.3, -0.25) is 4.90 Å². The third kappa shape index (κ3) is 5.84. The Bertz CT molecular complexity index is 206. The van der Waals surface area contributed by atoms with Crippen LogP contribution >= 0.6 is 0 Å². The predicted octanol–water partition coefficient (Wildman–Crippen LogP) is 2.27. The summed E-state index contributed by atoms with van der Waals surface area (Å²) in [5, 5.41) is 3.54. The third-order valence-corrected chi connectivity index (χ3v) is 3.52. The van der Waals surface area contributed by atoms with Gasteiger partial charge in [-0.2, -0.15) is 0 Å². The molecular formula is C14H30N2O. The third-order valence-electron chi connectivity index (χ3n) is 3.52. The van der Waals surface area contributed by atoms with E-state index in [-0.39, 0.29) is 5.60 Å². The van der Waals surface area contributed by atoms with Gasteiger partial charge in [-0.15, -0.1) is 0 Å². The Morgan fingerprint density at radius 2 is 2.12 bits per heavy atom. The standard InChI is InChI=1S/C14H30N2O/c1-5-13(15-6-2)8-7-9-16-10-11-17-14(3,4)12-16/h13,15H,5-12H2,1-4H3. The Morgan fingerprint density at radius 3 is 2.71 bits per heavy atom. The molecule has 1 aliphatic heterocycles. The van der Waals surface area contributed by atoms with E-state index in [2.05, 4.69) is 37.9 Å².